The van der Waals surface area contributed by atoms with Gasteiger partial charge in [-0.3, -0.25) is 9.59 Å². The molecule has 23 heavy (non-hydrogen) atoms. The van der Waals surface area contributed by atoms with E-state index < -0.39 is 11.4 Å². The first-order valence-corrected chi connectivity index (χ1v) is 8.56. The molecule has 124 valence electrons. The summed E-state index contributed by atoms with van der Waals surface area (Å²) < 4.78 is 0. The first-order chi connectivity index (χ1) is 11.0. The summed E-state index contributed by atoms with van der Waals surface area (Å²) in [5.41, 5.74) is 1.99. The van der Waals surface area contributed by atoms with Crippen LogP contribution < -0.4 is 0 Å². The minimum absolute atomic E-state index is 0.126. The van der Waals surface area contributed by atoms with E-state index in [0.29, 0.717) is 31.8 Å². The lowest BCUT2D eigenvalue weighted by atomic mass is 9.80. The molecule has 4 heteroatoms. The van der Waals surface area contributed by atoms with E-state index in [1.165, 1.54) is 11.1 Å². The van der Waals surface area contributed by atoms with E-state index in [9.17, 15) is 14.7 Å². The second-order valence-corrected chi connectivity index (χ2v) is 7.37. The van der Waals surface area contributed by atoms with Crippen LogP contribution in [0.2, 0.25) is 0 Å². The van der Waals surface area contributed by atoms with Crippen molar-refractivity contribution in [2.24, 2.45) is 11.3 Å². The molecule has 2 aliphatic rings. The Kier molecular flexibility index (Phi) is 4.42. The number of piperidine rings is 1. The molecule has 1 heterocycles. The van der Waals surface area contributed by atoms with Gasteiger partial charge in [0.1, 0.15) is 0 Å². The number of benzene rings is 1. The van der Waals surface area contributed by atoms with E-state index in [4.69, 9.17) is 0 Å². The second kappa shape index (κ2) is 6.34. The van der Waals surface area contributed by atoms with Crippen LogP contribution in [0.25, 0.3) is 0 Å². The fourth-order valence-electron chi connectivity index (χ4n) is 3.95. The number of likely N-dealkylation sites (tertiary alicyclic amines) is 1. The molecule has 0 saturated carbocycles. The summed E-state index contributed by atoms with van der Waals surface area (Å²) in [7, 11) is 0. The third-order valence-electron chi connectivity index (χ3n) is 5.48. The third kappa shape index (κ3) is 3.41. The highest BCUT2D eigenvalue weighted by Gasteiger charge is 2.39. The zero-order valence-corrected chi connectivity index (χ0v) is 13.8. The number of fused-ring (bicyclic) bond motifs is 1. The van der Waals surface area contributed by atoms with Crippen LogP contribution in [0, 0.1) is 11.3 Å². The lowest BCUT2D eigenvalue weighted by Gasteiger charge is -2.38. The Morgan fingerprint density at radius 3 is 2.78 bits per heavy atom. The van der Waals surface area contributed by atoms with Gasteiger partial charge in [0.15, 0.2) is 0 Å². The van der Waals surface area contributed by atoms with Gasteiger partial charge in [0.2, 0.25) is 5.91 Å². The number of carbonyl (C=O) groups is 2. The van der Waals surface area contributed by atoms with Crippen LogP contribution in [-0.2, 0) is 22.4 Å². The summed E-state index contributed by atoms with van der Waals surface area (Å²) in [5, 5.41) is 9.39. The molecule has 2 atom stereocenters. The third-order valence-corrected chi connectivity index (χ3v) is 5.48. The SMILES string of the molecule is CC1(C(=O)O)CCCN(C(=O)CC2CCc3ccccc3C2)C1. The molecule has 1 amide bonds. The van der Waals surface area contributed by atoms with Crippen LogP contribution in [0.5, 0.6) is 0 Å². The smallest absolute Gasteiger partial charge is 0.311 e. The van der Waals surface area contributed by atoms with Crippen LogP contribution in [0.4, 0.5) is 0 Å². The van der Waals surface area contributed by atoms with E-state index in [0.717, 1.165) is 25.7 Å². The van der Waals surface area contributed by atoms with E-state index in [-0.39, 0.29) is 5.91 Å². The fraction of sp³-hybridized carbons (Fsp3) is 0.579. The van der Waals surface area contributed by atoms with Crippen molar-refractivity contribution in [2.45, 2.75) is 45.4 Å². The summed E-state index contributed by atoms with van der Waals surface area (Å²) in [4.78, 5) is 25.8. The van der Waals surface area contributed by atoms with E-state index >= 15 is 0 Å². The molecule has 4 nitrogen and oxygen atoms in total. The number of carbonyl (C=O) groups excluding carboxylic acids is 1. The number of nitrogens with zero attached hydrogens (tertiary/aromatic N) is 1. The minimum atomic E-state index is -0.790. The molecule has 3 rings (SSSR count). The monoisotopic (exact) mass is 315 g/mol. The van der Waals surface area contributed by atoms with Gasteiger partial charge in [-0.15, -0.1) is 0 Å². The van der Waals surface area contributed by atoms with Gasteiger partial charge in [0, 0.05) is 19.5 Å². The van der Waals surface area contributed by atoms with Gasteiger partial charge in [-0.2, -0.15) is 0 Å². The van der Waals surface area contributed by atoms with Gasteiger partial charge in [0.05, 0.1) is 5.41 Å². The molecule has 1 aliphatic heterocycles. The predicted octanol–water partition coefficient (Wildman–Crippen LogP) is 2.89. The Morgan fingerprint density at radius 2 is 2.04 bits per heavy atom. The standard InChI is InChI=1S/C19H25NO3/c1-19(18(22)23)9-4-10-20(13-19)17(21)12-14-7-8-15-5-2-3-6-16(15)11-14/h2-3,5-6,14H,4,7-13H2,1H3,(H,22,23). The van der Waals surface area contributed by atoms with Gasteiger partial charge >= 0.3 is 5.97 Å². The second-order valence-electron chi connectivity index (χ2n) is 7.37. The summed E-state index contributed by atoms with van der Waals surface area (Å²) in [6.07, 6.45) is 5.04. The highest BCUT2D eigenvalue weighted by atomic mass is 16.4. The molecule has 2 unspecified atom stereocenters. The average Bonchev–Trinajstić information content (AvgIpc) is 2.54. The summed E-state index contributed by atoms with van der Waals surface area (Å²) in [6, 6.07) is 8.47. The number of aliphatic carboxylic acids is 1. The minimum Gasteiger partial charge on any atom is -0.481 e. The quantitative estimate of drug-likeness (QED) is 0.933. The van der Waals surface area contributed by atoms with Crippen molar-refractivity contribution in [1.29, 1.82) is 0 Å². The maximum atomic E-state index is 12.6. The highest BCUT2D eigenvalue weighted by molar-refractivity contribution is 5.79. The number of carboxylic acids is 1. The first-order valence-electron chi connectivity index (χ1n) is 8.56. The molecule has 1 N–H and O–H groups in total. The molecule has 0 aromatic heterocycles. The molecule has 0 bridgehead atoms. The molecule has 1 aromatic rings. The number of rotatable bonds is 3. The van der Waals surface area contributed by atoms with E-state index in [2.05, 4.69) is 24.3 Å². The molecule has 1 fully saturated rings. The van der Waals surface area contributed by atoms with Crippen LogP contribution in [-0.4, -0.2) is 35.0 Å². The van der Waals surface area contributed by atoms with E-state index in [1.54, 1.807) is 11.8 Å². The lowest BCUT2D eigenvalue weighted by molar-refractivity contribution is -0.153. The Morgan fingerprint density at radius 1 is 1.30 bits per heavy atom. The predicted molar refractivity (Wildman–Crippen MR) is 88.1 cm³/mol. The Labute approximate surface area is 137 Å². The van der Waals surface area contributed by atoms with Crippen LogP contribution in [0.15, 0.2) is 24.3 Å². The number of hydrogen-bond donors (Lipinski definition) is 1. The van der Waals surface area contributed by atoms with Crippen molar-refractivity contribution in [3.05, 3.63) is 35.4 Å². The molecule has 0 radical (unpaired) electrons. The topological polar surface area (TPSA) is 57.6 Å². The van der Waals surface area contributed by atoms with Crippen LogP contribution in [0.1, 0.15) is 43.7 Å². The number of amides is 1. The zero-order chi connectivity index (χ0) is 16.4. The summed E-state index contributed by atoms with van der Waals surface area (Å²) >= 11 is 0. The molecular weight excluding hydrogens is 290 g/mol. The van der Waals surface area contributed by atoms with Gasteiger partial charge in [-0.1, -0.05) is 24.3 Å². The van der Waals surface area contributed by atoms with Crippen molar-refractivity contribution in [3.63, 3.8) is 0 Å². The van der Waals surface area contributed by atoms with E-state index in [1.807, 2.05) is 0 Å². The van der Waals surface area contributed by atoms with Crippen molar-refractivity contribution in [1.82, 2.24) is 4.90 Å². The van der Waals surface area contributed by atoms with Crippen molar-refractivity contribution >= 4 is 11.9 Å². The molecule has 0 spiro atoms. The number of carboxylic acid groups (broad SMARTS) is 1. The summed E-state index contributed by atoms with van der Waals surface area (Å²) in [6.45, 7) is 2.81. The first kappa shape index (κ1) is 16.0. The summed E-state index contributed by atoms with van der Waals surface area (Å²) in [5.74, 6) is -0.279. The van der Waals surface area contributed by atoms with Crippen LogP contribution >= 0.6 is 0 Å². The van der Waals surface area contributed by atoms with Crippen molar-refractivity contribution in [2.75, 3.05) is 13.1 Å². The van der Waals surface area contributed by atoms with Gasteiger partial charge in [-0.05, 0) is 56.1 Å². The average molecular weight is 315 g/mol. The molecule has 1 saturated heterocycles. The van der Waals surface area contributed by atoms with Crippen molar-refractivity contribution < 1.29 is 14.7 Å². The largest absolute Gasteiger partial charge is 0.481 e. The zero-order valence-electron chi connectivity index (χ0n) is 13.8. The van der Waals surface area contributed by atoms with Gasteiger partial charge in [-0.25, -0.2) is 0 Å². The molecule has 1 aliphatic carbocycles. The fourth-order valence-corrected chi connectivity index (χ4v) is 3.95. The Balaban J connectivity index is 1.61. The van der Waals surface area contributed by atoms with Gasteiger partial charge in [0.25, 0.3) is 0 Å². The lowest BCUT2D eigenvalue weighted by Crippen LogP contribution is -2.48. The Bertz CT molecular complexity index is 612. The molecular formula is C19H25NO3. The van der Waals surface area contributed by atoms with Crippen molar-refractivity contribution in [3.8, 4) is 0 Å². The maximum Gasteiger partial charge on any atom is 0.311 e. The molecule has 1 aromatic carbocycles. The van der Waals surface area contributed by atoms with Crippen LogP contribution in [0.3, 0.4) is 0 Å². The Hall–Kier alpha value is -1.84. The van der Waals surface area contributed by atoms with Gasteiger partial charge < -0.3 is 10.0 Å². The normalized spacial score (nSPS) is 27.3. The maximum absolute atomic E-state index is 12.6. The number of aryl methyl sites for hydroxylation is 1. The highest BCUT2D eigenvalue weighted by Crippen LogP contribution is 2.32. The number of hydrogen-bond acceptors (Lipinski definition) is 2.